The number of nitrogens with zero attached hydrogens (tertiary/aromatic N) is 1. The second-order valence-electron chi connectivity index (χ2n) is 3.09. The molecule has 0 heterocycles. The first-order valence-electron chi connectivity index (χ1n) is 4.28. The highest BCUT2D eigenvalue weighted by atomic mass is 16.4. The summed E-state index contributed by atoms with van der Waals surface area (Å²) < 4.78 is 0. The number of aliphatic hydroxyl groups is 1. The zero-order chi connectivity index (χ0) is 10.6. The van der Waals surface area contributed by atoms with Gasteiger partial charge in [0.1, 0.15) is 0 Å². The standard InChI is InChI=1S/C10H13NO3/c1-11(10(13)14)7-9(12)8-5-3-2-4-6-8/h2-6,9,12H,7H2,1H3,(H,13,14). The van der Waals surface area contributed by atoms with Gasteiger partial charge in [-0.25, -0.2) is 4.79 Å². The van der Waals surface area contributed by atoms with Crippen LogP contribution in [0.5, 0.6) is 0 Å². The number of aliphatic hydroxyl groups excluding tert-OH is 1. The molecule has 1 atom stereocenters. The van der Waals surface area contributed by atoms with E-state index in [1.54, 1.807) is 24.3 Å². The maximum atomic E-state index is 10.5. The molecule has 0 saturated carbocycles. The van der Waals surface area contributed by atoms with E-state index >= 15 is 0 Å². The Bertz CT molecular complexity index is 299. The topological polar surface area (TPSA) is 60.8 Å². The van der Waals surface area contributed by atoms with Gasteiger partial charge in [0.05, 0.1) is 12.6 Å². The molecule has 1 amide bonds. The molecule has 0 fully saturated rings. The van der Waals surface area contributed by atoms with Crippen LogP contribution in [0.15, 0.2) is 30.3 Å². The van der Waals surface area contributed by atoms with Gasteiger partial charge in [-0.3, -0.25) is 0 Å². The van der Waals surface area contributed by atoms with E-state index in [0.717, 1.165) is 10.5 Å². The van der Waals surface area contributed by atoms with Crippen LogP contribution in [0.25, 0.3) is 0 Å². The van der Waals surface area contributed by atoms with Gasteiger partial charge in [-0.05, 0) is 5.56 Å². The molecule has 0 aliphatic carbocycles. The van der Waals surface area contributed by atoms with Crippen LogP contribution in [0.4, 0.5) is 4.79 Å². The molecule has 14 heavy (non-hydrogen) atoms. The van der Waals surface area contributed by atoms with Gasteiger partial charge in [-0.15, -0.1) is 0 Å². The Balaban J connectivity index is 2.59. The maximum absolute atomic E-state index is 10.5. The zero-order valence-corrected chi connectivity index (χ0v) is 7.92. The fraction of sp³-hybridized carbons (Fsp3) is 0.300. The Labute approximate surface area is 82.4 Å². The minimum absolute atomic E-state index is 0.0827. The monoisotopic (exact) mass is 195 g/mol. The van der Waals surface area contributed by atoms with E-state index < -0.39 is 12.2 Å². The van der Waals surface area contributed by atoms with Crippen molar-refractivity contribution in [1.82, 2.24) is 4.90 Å². The molecule has 0 aliphatic heterocycles. The van der Waals surface area contributed by atoms with Crippen molar-refractivity contribution < 1.29 is 15.0 Å². The number of rotatable bonds is 3. The third-order valence-electron chi connectivity index (χ3n) is 1.96. The van der Waals surface area contributed by atoms with Crippen molar-refractivity contribution >= 4 is 6.09 Å². The molecule has 1 rings (SSSR count). The molecule has 0 bridgehead atoms. The van der Waals surface area contributed by atoms with Crippen LogP contribution in [-0.2, 0) is 0 Å². The average Bonchev–Trinajstić information content (AvgIpc) is 2.19. The van der Waals surface area contributed by atoms with Crippen LogP contribution < -0.4 is 0 Å². The molecular weight excluding hydrogens is 182 g/mol. The number of carbonyl (C=O) groups is 1. The number of benzene rings is 1. The van der Waals surface area contributed by atoms with Crippen molar-refractivity contribution in [3.05, 3.63) is 35.9 Å². The molecule has 4 heteroatoms. The Morgan fingerprint density at radius 2 is 2.00 bits per heavy atom. The Morgan fingerprint density at radius 1 is 1.43 bits per heavy atom. The summed E-state index contributed by atoms with van der Waals surface area (Å²) in [5.41, 5.74) is 0.723. The van der Waals surface area contributed by atoms with Crippen LogP contribution >= 0.6 is 0 Å². The summed E-state index contributed by atoms with van der Waals surface area (Å²) in [6.45, 7) is 0.0827. The molecule has 1 aromatic rings. The largest absolute Gasteiger partial charge is 0.465 e. The lowest BCUT2D eigenvalue weighted by Crippen LogP contribution is -2.29. The summed E-state index contributed by atoms with van der Waals surface area (Å²) in [6.07, 6.45) is -1.81. The summed E-state index contributed by atoms with van der Waals surface area (Å²) in [5, 5.41) is 18.2. The molecule has 0 radical (unpaired) electrons. The molecule has 0 spiro atoms. The van der Waals surface area contributed by atoms with Crippen molar-refractivity contribution in [3.8, 4) is 0 Å². The fourth-order valence-corrected chi connectivity index (χ4v) is 1.12. The van der Waals surface area contributed by atoms with E-state index in [9.17, 15) is 9.90 Å². The molecule has 76 valence electrons. The summed E-state index contributed by atoms with van der Waals surface area (Å²) >= 11 is 0. The highest BCUT2D eigenvalue weighted by Gasteiger charge is 2.13. The highest BCUT2D eigenvalue weighted by Crippen LogP contribution is 2.12. The van der Waals surface area contributed by atoms with E-state index in [-0.39, 0.29) is 6.54 Å². The van der Waals surface area contributed by atoms with Crippen molar-refractivity contribution in [3.63, 3.8) is 0 Å². The molecular formula is C10H13NO3. The number of carboxylic acid groups (broad SMARTS) is 1. The smallest absolute Gasteiger partial charge is 0.407 e. The quantitative estimate of drug-likeness (QED) is 0.764. The van der Waals surface area contributed by atoms with Gasteiger partial charge in [0.15, 0.2) is 0 Å². The first kappa shape index (κ1) is 10.5. The minimum Gasteiger partial charge on any atom is -0.465 e. The lowest BCUT2D eigenvalue weighted by atomic mass is 10.1. The third-order valence-corrected chi connectivity index (χ3v) is 1.96. The van der Waals surface area contributed by atoms with Crippen LogP contribution in [0.1, 0.15) is 11.7 Å². The van der Waals surface area contributed by atoms with E-state index in [0.29, 0.717) is 0 Å². The molecule has 2 N–H and O–H groups in total. The normalized spacial score (nSPS) is 12.1. The lowest BCUT2D eigenvalue weighted by Gasteiger charge is -2.17. The summed E-state index contributed by atoms with van der Waals surface area (Å²) in [6, 6.07) is 8.98. The first-order valence-corrected chi connectivity index (χ1v) is 4.28. The van der Waals surface area contributed by atoms with Gasteiger partial charge in [0.2, 0.25) is 0 Å². The van der Waals surface area contributed by atoms with Gasteiger partial charge in [-0.1, -0.05) is 30.3 Å². The third kappa shape index (κ3) is 2.74. The number of hydrogen-bond donors (Lipinski definition) is 2. The Kier molecular flexibility index (Phi) is 3.48. The van der Waals surface area contributed by atoms with Crippen LogP contribution in [0.3, 0.4) is 0 Å². The average molecular weight is 195 g/mol. The van der Waals surface area contributed by atoms with Gasteiger partial charge >= 0.3 is 6.09 Å². The second kappa shape index (κ2) is 4.62. The number of amides is 1. The van der Waals surface area contributed by atoms with Crippen molar-refractivity contribution in [2.45, 2.75) is 6.10 Å². The Morgan fingerprint density at radius 3 is 2.50 bits per heavy atom. The van der Waals surface area contributed by atoms with Gasteiger partial charge in [0, 0.05) is 7.05 Å². The molecule has 1 unspecified atom stereocenters. The molecule has 0 aromatic heterocycles. The molecule has 4 nitrogen and oxygen atoms in total. The first-order chi connectivity index (χ1) is 6.61. The highest BCUT2D eigenvalue weighted by molar-refractivity contribution is 5.64. The molecule has 0 saturated heterocycles. The maximum Gasteiger partial charge on any atom is 0.407 e. The predicted octanol–water partition coefficient (Wildman–Crippen LogP) is 1.33. The Hall–Kier alpha value is -1.55. The number of likely N-dealkylation sites (N-methyl/N-ethyl adjacent to an activating group) is 1. The van der Waals surface area contributed by atoms with E-state index in [2.05, 4.69) is 0 Å². The van der Waals surface area contributed by atoms with Crippen LogP contribution in [0.2, 0.25) is 0 Å². The van der Waals surface area contributed by atoms with Crippen molar-refractivity contribution in [2.75, 3.05) is 13.6 Å². The summed E-state index contributed by atoms with van der Waals surface area (Å²) in [4.78, 5) is 11.5. The summed E-state index contributed by atoms with van der Waals surface area (Å²) in [5.74, 6) is 0. The van der Waals surface area contributed by atoms with Crippen LogP contribution in [0, 0.1) is 0 Å². The van der Waals surface area contributed by atoms with E-state index in [1.807, 2.05) is 6.07 Å². The zero-order valence-electron chi connectivity index (χ0n) is 7.92. The molecule has 1 aromatic carbocycles. The van der Waals surface area contributed by atoms with Gasteiger partial charge in [0.25, 0.3) is 0 Å². The molecule has 0 aliphatic rings. The second-order valence-corrected chi connectivity index (χ2v) is 3.09. The van der Waals surface area contributed by atoms with Crippen LogP contribution in [-0.4, -0.2) is 34.8 Å². The fourth-order valence-electron chi connectivity index (χ4n) is 1.12. The SMILES string of the molecule is CN(CC(O)c1ccccc1)C(=O)O. The van der Waals surface area contributed by atoms with Gasteiger partial charge in [-0.2, -0.15) is 0 Å². The van der Waals surface area contributed by atoms with Crippen molar-refractivity contribution in [2.24, 2.45) is 0 Å². The van der Waals surface area contributed by atoms with Gasteiger partial charge < -0.3 is 15.1 Å². The predicted molar refractivity (Wildman–Crippen MR) is 52.1 cm³/mol. The summed E-state index contributed by atoms with van der Waals surface area (Å²) in [7, 11) is 1.43. The minimum atomic E-state index is -1.04. The van der Waals surface area contributed by atoms with E-state index in [4.69, 9.17) is 5.11 Å². The van der Waals surface area contributed by atoms with E-state index in [1.165, 1.54) is 7.05 Å². The lowest BCUT2D eigenvalue weighted by molar-refractivity contribution is 0.108. The van der Waals surface area contributed by atoms with Crippen molar-refractivity contribution in [1.29, 1.82) is 0 Å². The number of hydrogen-bond acceptors (Lipinski definition) is 2.